The molecule has 7 heteroatoms. The summed E-state index contributed by atoms with van der Waals surface area (Å²) in [5.74, 6) is -2.38. The number of hydrogen-bond acceptors (Lipinski definition) is 6. The molecule has 1 aliphatic rings. The van der Waals surface area contributed by atoms with Crippen LogP contribution in [0.2, 0.25) is 0 Å². The SMILES string of the molecule is CC1(C)c2ccccc2-c2ccc(N(c3ccccc3)c3cc(-c4cc5c6c7ccccc7ccc6n(-c6ccccc6)c5c5ccccc45)cc(N(c4ccccc4)c4c(O)c(O)c(-c5cccc6ccccc56)c(O)c4O)c3)cc21. The van der Waals surface area contributed by atoms with Gasteiger partial charge in [0.15, 0.2) is 23.0 Å². The first-order valence-electron chi connectivity index (χ1n) is 27.7. The van der Waals surface area contributed by atoms with Gasteiger partial charge in [0.2, 0.25) is 0 Å². The van der Waals surface area contributed by atoms with E-state index in [0.29, 0.717) is 16.9 Å². The summed E-state index contributed by atoms with van der Waals surface area (Å²) in [4.78, 5) is 3.99. The lowest BCUT2D eigenvalue weighted by Gasteiger charge is -2.32. The number of phenolic OH excluding ortho intramolecular Hbond substituents is 4. The molecule has 392 valence electrons. The van der Waals surface area contributed by atoms with Crippen molar-refractivity contribution in [2.45, 2.75) is 19.3 Å². The van der Waals surface area contributed by atoms with E-state index in [1.54, 1.807) is 11.0 Å². The first kappa shape index (κ1) is 48.4. The highest BCUT2D eigenvalue weighted by molar-refractivity contribution is 6.28. The lowest BCUT2D eigenvalue weighted by Crippen LogP contribution is -2.17. The molecular weight excluding hydrogens is 1010 g/mol. The molecule has 0 unspecified atom stereocenters. The van der Waals surface area contributed by atoms with E-state index in [9.17, 15) is 20.4 Å². The van der Waals surface area contributed by atoms with Gasteiger partial charge in [-0.05, 0) is 145 Å². The Morgan fingerprint density at radius 3 is 1.59 bits per heavy atom. The summed E-state index contributed by atoms with van der Waals surface area (Å²) >= 11 is 0. The third-order valence-corrected chi connectivity index (χ3v) is 16.9. The minimum atomic E-state index is -0.609. The zero-order valence-corrected chi connectivity index (χ0v) is 45.0. The average molecular weight is 1060 g/mol. The molecule has 4 N–H and O–H groups in total. The normalized spacial score (nSPS) is 12.6. The number of anilines is 6. The molecule has 0 saturated heterocycles. The van der Waals surface area contributed by atoms with Gasteiger partial charge in [-0.15, -0.1) is 0 Å². The van der Waals surface area contributed by atoms with Gasteiger partial charge in [-0.3, -0.25) is 0 Å². The maximum atomic E-state index is 12.7. The Morgan fingerprint density at radius 2 is 0.878 bits per heavy atom. The Bertz CT molecular complexity index is 4860. The number of nitrogens with zero attached hydrogens (tertiary/aromatic N) is 3. The first-order chi connectivity index (χ1) is 40.1. The lowest BCUT2D eigenvalue weighted by molar-refractivity contribution is 0.377. The molecule has 0 aliphatic heterocycles. The number of aromatic nitrogens is 1. The van der Waals surface area contributed by atoms with Crippen LogP contribution in [0.3, 0.4) is 0 Å². The van der Waals surface area contributed by atoms with Crippen molar-refractivity contribution in [3.63, 3.8) is 0 Å². The Balaban J connectivity index is 1.05. The van der Waals surface area contributed by atoms with Crippen LogP contribution in [-0.4, -0.2) is 25.0 Å². The number of rotatable bonds is 9. The summed E-state index contributed by atoms with van der Waals surface area (Å²) in [5, 5.41) is 58.4. The smallest absolute Gasteiger partial charge is 0.186 e. The van der Waals surface area contributed by atoms with Crippen molar-refractivity contribution >= 4 is 88.2 Å². The van der Waals surface area contributed by atoms with Crippen molar-refractivity contribution in [3.8, 4) is 62.1 Å². The fourth-order valence-electron chi connectivity index (χ4n) is 13.2. The minimum absolute atomic E-state index is 0.0862. The number of para-hydroxylation sites is 3. The molecule has 0 amide bonds. The van der Waals surface area contributed by atoms with E-state index >= 15 is 0 Å². The number of phenols is 4. The highest BCUT2D eigenvalue weighted by atomic mass is 16.3. The number of hydrogen-bond donors (Lipinski definition) is 4. The minimum Gasteiger partial charge on any atom is -0.504 e. The van der Waals surface area contributed by atoms with E-state index in [1.165, 1.54) is 22.3 Å². The molecule has 82 heavy (non-hydrogen) atoms. The largest absolute Gasteiger partial charge is 0.504 e. The number of benzene rings is 13. The highest BCUT2D eigenvalue weighted by Gasteiger charge is 2.37. The number of aromatic hydroxyl groups is 4. The van der Waals surface area contributed by atoms with Crippen molar-refractivity contribution in [2.75, 3.05) is 9.80 Å². The van der Waals surface area contributed by atoms with E-state index in [4.69, 9.17) is 0 Å². The van der Waals surface area contributed by atoms with Gasteiger partial charge < -0.3 is 34.8 Å². The molecule has 1 aliphatic carbocycles. The van der Waals surface area contributed by atoms with Crippen LogP contribution in [0.15, 0.2) is 261 Å². The van der Waals surface area contributed by atoms with Crippen LogP contribution in [0.25, 0.3) is 93.2 Å². The predicted molar refractivity (Wildman–Crippen MR) is 338 cm³/mol. The van der Waals surface area contributed by atoms with Gasteiger partial charge in [0.05, 0.1) is 16.6 Å². The van der Waals surface area contributed by atoms with Crippen molar-refractivity contribution < 1.29 is 20.4 Å². The second-order valence-corrected chi connectivity index (χ2v) is 21.8. The second kappa shape index (κ2) is 18.7. The van der Waals surface area contributed by atoms with Crippen molar-refractivity contribution in [2.24, 2.45) is 0 Å². The highest BCUT2D eigenvalue weighted by Crippen LogP contribution is 2.60. The zero-order valence-electron chi connectivity index (χ0n) is 45.0. The van der Waals surface area contributed by atoms with Gasteiger partial charge in [-0.2, -0.15) is 0 Å². The molecule has 0 atom stereocenters. The Kier molecular flexibility index (Phi) is 11.0. The monoisotopic (exact) mass is 1060 g/mol. The molecule has 0 bridgehead atoms. The molecular formula is C75H53N3O4. The maximum absolute atomic E-state index is 12.7. The average Bonchev–Trinajstić information content (AvgIpc) is 2.95. The van der Waals surface area contributed by atoms with Crippen LogP contribution in [0.5, 0.6) is 23.0 Å². The van der Waals surface area contributed by atoms with E-state index in [-0.39, 0.29) is 16.7 Å². The fourth-order valence-corrected chi connectivity index (χ4v) is 13.2. The van der Waals surface area contributed by atoms with Crippen molar-refractivity contribution in [1.29, 1.82) is 0 Å². The van der Waals surface area contributed by atoms with Crippen LogP contribution < -0.4 is 9.80 Å². The molecule has 0 spiro atoms. The van der Waals surface area contributed by atoms with E-state index < -0.39 is 23.0 Å². The zero-order chi connectivity index (χ0) is 55.4. The fraction of sp³-hybridized carbons (Fsp3) is 0.0400. The molecule has 13 aromatic carbocycles. The topological polar surface area (TPSA) is 92.3 Å². The summed E-state index contributed by atoms with van der Waals surface area (Å²) in [7, 11) is 0. The van der Waals surface area contributed by atoms with Crippen LogP contribution in [0.1, 0.15) is 25.0 Å². The van der Waals surface area contributed by atoms with Crippen molar-refractivity contribution in [1.82, 2.24) is 4.57 Å². The van der Waals surface area contributed by atoms with Crippen LogP contribution in [0.4, 0.5) is 34.1 Å². The third kappa shape index (κ3) is 7.36. The quantitative estimate of drug-likeness (QED) is 0.0850. The van der Waals surface area contributed by atoms with E-state index in [0.717, 1.165) is 88.0 Å². The van der Waals surface area contributed by atoms with Gasteiger partial charge in [-0.1, -0.05) is 196 Å². The van der Waals surface area contributed by atoms with Gasteiger partial charge in [-0.25, -0.2) is 0 Å². The number of fused-ring (bicyclic) bond motifs is 11. The molecule has 1 aromatic heterocycles. The van der Waals surface area contributed by atoms with Gasteiger partial charge in [0.1, 0.15) is 5.69 Å². The standard InChI is InChI=1S/C75H53N3O4/c1-75(2)64-36-19-18-33-58(64)59-39-38-52(44-65(59)75)76(49-24-6-3-7-25-49)53-41-48(62-45-63-67-56-31-15-13-22-47(56)37-40-66(67)78(51-28-10-5-11-29-51)69(63)61-34-17-16-32-57(61)62)42-54(43-53)77(50-26-8-4-9-27-50)70-73(81)71(79)68(72(80)74(70)82)60-35-20-23-46-21-12-14-30-55(46)60/h3-45,79-82H,1-2H3. The molecule has 0 radical (unpaired) electrons. The molecule has 1 heterocycles. The lowest BCUT2D eigenvalue weighted by atomic mass is 9.82. The molecule has 15 rings (SSSR count). The first-order valence-corrected chi connectivity index (χ1v) is 27.7. The summed E-state index contributed by atoms with van der Waals surface area (Å²) in [6, 6.07) is 89.2. The van der Waals surface area contributed by atoms with Crippen molar-refractivity contribution in [3.05, 3.63) is 272 Å². The molecule has 7 nitrogen and oxygen atoms in total. The summed E-state index contributed by atoms with van der Waals surface area (Å²) in [6.07, 6.45) is 0. The second-order valence-electron chi connectivity index (χ2n) is 21.8. The Labute approximate surface area is 474 Å². The summed E-state index contributed by atoms with van der Waals surface area (Å²) in [6.45, 7) is 4.58. The maximum Gasteiger partial charge on any atom is 0.186 e. The summed E-state index contributed by atoms with van der Waals surface area (Å²) < 4.78 is 2.39. The molecule has 14 aromatic rings. The van der Waals surface area contributed by atoms with Gasteiger partial charge in [0.25, 0.3) is 0 Å². The van der Waals surface area contributed by atoms with E-state index in [1.807, 2.05) is 84.9 Å². The van der Waals surface area contributed by atoms with Gasteiger partial charge >= 0.3 is 0 Å². The summed E-state index contributed by atoms with van der Waals surface area (Å²) in [5.41, 5.74) is 13.5. The molecule has 0 fully saturated rings. The molecule has 0 saturated carbocycles. The Morgan fingerprint density at radius 1 is 0.341 bits per heavy atom. The van der Waals surface area contributed by atoms with Gasteiger partial charge in [0, 0.05) is 55.7 Å². The van der Waals surface area contributed by atoms with Crippen LogP contribution in [-0.2, 0) is 5.41 Å². The predicted octanol–water partition coefficient (Wildman–Crippen LogP) is 19.6. The van der Waals surface area contributed by atoms with Crippen LogP contribution >= 0.6 is 0 Å². The van der Waals surface area contributed by atoms with Crippen LogP contribution in [0, 0.1) is 0 Å². The third-order valence-electron chi connectivity index (χ3n) is 16.9. The Hall–Kier alpha value is -10.8. The van der Waals surface area contributed by atoms with E-state index in [2.05, 4.69) is 193 Å².